The smallest absolute Gasteiger partial charge is 0.185 e. The van der Waals surface area contributed by atoms with Crippen LogP contribution < -0.4 is 0 Å². The molecule has 0 bridgehead atoms. The molecule has 0 aromatic heterocycles. The molecular formula is C20H16O3S. The number of sulfone groups is 1. The zero-order valence-corrected chi connectivity index (χ0v) is 14.0. The van der Waals surface area contributed by atoms with Gasteiger partial charge in [-0.15, -0.1) is 0 Å². The molecule has 4 heteroatoms. The van der Waals surface area contributed by atoms with Crippen molar-refractivity contribution in [2.45, 2.75) is 4.90 Å². The van der Waals surface area contributed by atoms with Crippen molar-refractivity contribution in [3.8, 4) is 0 Å². The lowest BCUT2D eigenvalue weighted by Crippen LogP contribution is -1.99. The minimum Gasteiger partial charge on any atom is -0.289 e. The second kappa shape index (κ2) is 6.42. The molecule has 0 amide bonds. The highest BCUT2D eigenvalue weighted by Gasteiger charge is 2.08. The lowest BCUT2D eigenvalue weighted by molar-refractivity contribution is 0.104. The fraction of sp³-hybridized carbons (Fsp3) is 0.0500. The summed E-state index contributed by atoms with van der Waals surface area (Å²) < 4.78 is 22.9. The van der Waals surface area contributed by atoms with Gasteiger partial charge in [-0.2, -0.15) is 0 Å². The maximum Gasteiger partial charge on any atom is 0.185 e. The zero-order valence-electron chi connectivity index (χ0n) is 13.1. The van der Waals surface area contributed by atoms with E-state index in [2.05, 4.69) is 0 Å². The SMILES string of the molecule is CS(=O)(=O)c1ccc(C(=O)/C=C/c2cccc3ccccc23)cc1. The highest BCUT2D eigenvalue weighted by atomic mass is 32.2. The number of hydrogen-bond acceptors (Lipinski definition) is 3. The van der Waals surface area contributed by atoms with E-state index in [-0.39, 0.29) is 10.7 Å². The first-order valence-electron chi connectivity index (χ1n) is 7.45. The second-order valence-corrected chi connectivity index (χ2v) is 7.58. The topological polar surface area (TPSA) is 51.2 Å². The summed E-state index contributed by atoms with van der Waals surface area (Å²) >= 11 is 0. The Labute approximate surface area is 141 Å². The Morgan fingerprint density at radius 1 is 0.875 bits per heavy atom. The lowest BCUT2D eigenvalue weighted by Gasteiger charge is -2.02. The van der Waals surface area contributed by atoms with Crippen LogP contribution >= 0.6 is 0 Å². The van der Waals surface area contributed by atoms with Gasteiger partial charge in [0.1, 0.15) is 0 Å². The van der Waals surface area contributed by atoms with E-state index < -0.39 is 9.84 Å². The molecule has 0 N–H and O–H groups in total. The summed E-state index contributed by atoms with van der Waals surface area (Å²) in [6.07, 6.45) is 4.44. The molecule has 0 spiro atoms. The molecule has 3 nitrogen and oxygen atoms in total. The maximum absolute atomic E-state index is 12.3. The van der Waals surface area contributed by atoms with Gasteiger partial charge in [-0.3, -0.25) is 4.79 Å². The van der Waals surface area contributed by atoms with Crippen LogP contribution in [0.3, 0.4) is 0 Å². The molecule has 0 unspecified atom stereocenters. The van der Waals surface area contributed by atoms with Crippen LogP contribution in [0.4, 0.5) is 0 Å². The Kier molecular flexibility index (Phi) is 4.32. The Morgan fingerprint density at radius 2 is 1.54 bits per heavy atom. The molecule has 0 aliphatic carbocycles. The number of carbonyl (C=O) groups is 1. The van der Waals surface area contributed by atoms with Crippen molar-refractivity contribution in [1.82, 2.24) is 0 Å². The number of benzene rings is 3. The maximum atomic E-state index is 12.3. The normalized spacial score (nSPS) is 11.9. The Bertz CT molecular complexity index is 1020. The van der Waals surface area contributed by atoms with Gasteiger partial charge in [0.25, 0.3) is 0 Å². The van der Waals surface area contributed by atoms with E-state index in [0.717, 1.165) is 22.6 Å². The number of allylic oxidation sites excluding steroid dienone is 1. The van der Waals surface area contributed by atoms with Crippen LogP contribution in [0.2, 0.25) is 0 Å². The molecule has 0 saturated heterocycles. The predicted molar refractivity (Wildman–Crippen MR) is 96.9 cm³/mol. The average molecular weight is 336 g/mol. The summed E-state index contributed by atoms with van der Waals surface area (Å²) in [7, 11) is -3.25. The van der Waals surface area contributed by atoms with Gasteiger partial charge in [-0.1, -0.05) is 48.5 Å². The van der Waals surface area contributed by atoms with Crippen LogP contribution in [-0.4, -0.2) is 20.5 Å². The molecule has 0 atom stereocenters. The van der Waals surface area contributed by atoms with Gasteiger partial charge in [0.15, 0.2) is 15.6 Å². The van der Waals surface area contributed by atoms with E-state index in [1.54, 1.807) is 6.08 Å². The predicted octanol–water partition coefficient (Wildman–Crippen LogP) is 4.14. The Hall–Kier alpha value is -2.72. The zero-order chi connectivity index (χ0) is 17.2. The van der Waals surface area contributed by atoms with Crippen molar-refractivity contribution in [3.05, 3.63) is 83.9 Å². The van der Waals surface area contributed by atoms with E-state index in [1.807, 2.05) is 42.5 Å². The van der Waals surface area contributed by atoms with Crippen molar-refractivity contribution < 1.29 is 13.2 Å². The standard InChI is InChI=1S/C20H16O3S/c1-24(22,23)18-12-9-17(10-13-18)20(21)14-11-16-7-4-6-15-5-2-3-8-19(15)16/h2-14H,1H3/b14-11+. The quantitative estimate of drug-likeness (QED) is 0.531. The van der Waals surface area contributed by atoms with E-state index in [4.69, 9.17) is 0 Å². The third-order valence-corrected chi connectivity index (χ3v) is 4.93. The van der Waals surface area contributed by atoms with Crippen LogP contribution in [0.1, 0.15) is 15.9 Å². The minimum atomic E-state index is -3.25. The van der Waals surface area contributed by atoms with Gasteiger partial charge in [0, 0.05) is 11.8 Å². The van der Waals surface area contributed by atoms with Gasteiger partial charge < -0.3 is 0 Å². The van der Waals surface area contributed by atoms with Gasteiger partial charge in [0.2, 0.25) is 0 Å². The first kappa shape index (κ1) is 16.1. The summed E-state index contributed by atoms with van der Waals surface area (Å²) in [5, 5.41) is 2.20. The van der Waals surface area contributed by atoms with Crippen molar-refractivity contribution >= 4 is 32.5 Å². The highest BCUT2D eigenvalue weighted by Crippen LogP contribution is 2.20. The summed E-state index contributed by atoms with van der Waals surface area (Å²) in [5.41, 5.74) is 1.42. The van der Waals surface area contributed by atoms with Crippen LogP contribution in [0, 0.1) is 0 Å². The van der Waals surface area contributed by atoms with E-state index >= 15 is 0 Å². The van der Waals surface area contributed by atoms with Crippen LogP contribution in [0.5, 0.6) is 0 Å². The molecule has 0 saturated carbocycles. The third-order valence-electron chi connectivity index (χ3n) is 3.80. The molecule has 24 heavy (non-hydrogen) atoms. The summed E-state index contributed by atoms with van der Waals surface area (Å²) in [6.45, 7) is 0. The minimum absolute atomic E-state index is 0.164. The van der Waals surface area contributed by atoms with Gasteiger partial charge in [-0.05, 0) is 46.7 Å². The monoisotopic (exact) mass is 336 g/mol. The summed E-state index contributed by atoms with van der Waals surface area (Å²) in [6, 6.07) is 19.9. The lowest BCUT2D eigenvalue weighted by atomic mass is 10.0. The van der Waals surface area contributed by atoms with E-state index in [1.165, 1.54) is 30.3 Å². The summed E-state index contributed by atoms with van der Waals surface area (Å²) in [4.78, 5) is 12.5. The second-order valence-electron chi connectivity index (χ2n) is 5.56. The molecule has 120 valence electrons. The molecule has 0 fully saturated rings. The van der Waals surface area contributed by atoms with E-state index in [9.17, 15) is 13.2 Å². The first-order chi connectivity index (χ1) is 11.4. The molecular weight excluding hydrogens is 320 g/mol. The van der Waals surface area contributed by atoms with Gasteiger partial charge in [0.05, 0.1) is 4.90 Å². The molecule has 0 aliphatic rings. The molecule has 3 aromatic carbocycles. The van der Waals surface area contributed by atoms with Crippen molar-refractivity contribution in [2.24, 2.45) is 0 Å². The Morgan fingerprint density at radius 3 is 2.25 bits per heavy atom. The fourth-order valence-corrected chi connectivity index (χ4v) is 3.15. The third kappa shape index (κ3) is 3.44. The van der Waals surface area contributed by atoms with Gasteiger partial charge >= 0.3 is 0 Å². The number of rotatable bonds is 4. The van der Waals surface area contributed by atoms with Gasteiger partial charge in [-0.25, -0.2) is 8.42 Å². The Balaban J connectivity index is 1.87. The van der Waals surface area contributed by atoms with Crippen molar-refractivity contribution in [2.75, 3.05) is 6.26 Å². The number of hydrogen-bond donors (Lipinski definition) is 0. The number of ketones is 1. The molecule has 0 heterocycles. The molecule has 3 aromatic rings. The number of fused-ring (bicyclic) bond motifs is 1. The van der Waals surface area contributed by atoms with Crippen LogP contribution in [0.15, 0.2) is 77.7 Å². The highest BCUT2D eigenvalue weighted by molar-refractivity contribution is 7.90. The van der Waals surface area contributed by atoms with Crippen LogP contribution in [-0.2, 0) is 9.84 Å². The molecule has 0 radical (unpaired) electrons. The average Bonchev–Trinajstić information content (AvgIpc) is 2.59. The first-order valence-corrected chi connectivity index (χ1v) is 9.34. The molecule has 3 rings (SSSR count). The molecule has 0 aliphatic heterocycles. The van der Waals surface area contributed by atoms with Crippen molar-refractivity contribution in [1.29, 1.82) is 0 Å². The van der Waals surface area contributed by atoms with E-state index in [0.29, 0.717) is 5.56 Å². The van der Waals surface area contributed by atoms with Crippen molar-refractivity contribution in [3.63, 3.8) is 0 Å². The van der Waals surface area contributed by atoms with Crippen LogP contribution in [0.25, 0.3) is 16.8 Å². The largest absolute Gasteiger partial charge is 0.289 e. The fourth-order valence-electron chi connectivity index (χ4n) is 2.52. The number of carbonyl (C=O) groups excluding carboxylic acids is 1. The summed E-state index contributed by atoms with van der Waals surface area (Å²) in [5.74, 6) is -0.164.